The van der Waals surface area contributed by atoms with Gasteiger partial charge in [0.05, 0.1) is 0 Å². The highest BCUT2D eigenvalue weighted by molar-refractivity contribution is 5.77. The smallest absolute Gasteiger partial charge is 0.260 e. The highest BCUT2D eigenvalue weighted by Gasteiger charge is 2.20. The molecule has 4 nitrogen and oxygen atoms in total. The molecule has 116 valence electrons. The second-order valence-electron chi connectivity index (χ2n) is 5.31. The van der Waals surface area contributed by atoms with Crippen molar-refractivity contribution in [1.82, 2.24) is 10.2 Å². The number of halogens is 1. The Labute approximate surface area is 125 Å². The molecule has 0 bridgehead atoms. The van der Waals surface area contributed by atoms with Crippen LogP contribution in [0.3, 0.4) is 0 Å². The quantitative estimate of drug-likeness (QED) is 0.800. The average molecular weight is 294 g/mol. The van der Waals surface area contributed by atoms with Crippen molar-refractivity contribution in [3.05, 3.63) is 29.6 Å². The normalized spacial score (nSPS) is 14.0. The van der Waals surface area contributed by atoms with Crippen LogP contribution in [0.1, 0.15) is 32.3 Å². The summed E-state index contributed by atoms with van der Waals surface area (Å²) in [4.78, 5) is 13.6. The number of benzene rings is 1. The lowest BCUT2D eigenvalue weighted by Crippen LogP contribution is -2.34. The van der Waals surface area contributed by atoms with Crippen LogP contribution >= 0.6 is 0 Å². The lowest BCUT2D eigenvalue weighted by molar-refractivity contribution is -0.132. The van der Waals surface area contributed by atoms with Crippen molar-refractivity contribution in [2.45, 2.75) is 39.3 Å². The van der Waals surface area contributed by atoms with Crippen molar-refractivity contribution < 1.29 is 13.9 Å². The van der Waals surface area contributed by atoms with Gasteiger partial charge in [-0.05, 0) is 44.4 Å². The Morgan fingerprint density at radius 1 is 1.33 bits per heavy atom. The molecule has 0 saturated heterocycles. The molecule has 5 heteroatoms. The molecular formula is C16H23FN2O2. The molecule has 1 aromatic rings. The topological polar surface area (TPSA) is 41.6 Å². The molecule has 1 amide bonds. The van der Waals surface area contributed by atoms with E-state index in [1.165, 1.54) is 25.0 Å². The number of amides is 1. The van der Waals surface area contributed by atoms with Gasteiger partial charge in [0, 0.05) is 31.7 Å². The molecule has 21 heavy (non-hydrogen) atoms. The summed E-state index contributed by atoms with van der Waals surface area (Å²) in [5, 5.41) is 3.33. The number of hydrogen-bond donors (Lipinski definition) is 1. The highest BCUT2D eigenvalue weighted by atomic mass is 19.1. The van der Waals surface area contributed by atoms with Crippen molar-refractivity contribution in [2.24, 2.45) is 0 Å². The van der Waals surface area contributed by atoms with Crippen LogP contribution in [0.15, 0.2) is 18.2 Å². The standard InChI is InChI=1S/C16H23FN2O2/c1-3-19(4-2)16(20)11-21-15-8-12(7-13(17)9-15)10-18-14-5-6-14/h7-9,14,18H,3-6,10-11H2,1-2H3. The first kappa shape index (κ1) is 15.8. The molecule has 1 fully saturated rings. The third-order valence-electron chi connectivity index (χ3n) is 3.58. The first-order chi connectivity index (χ1) is 10.1. The summed E-state index contributed by atoms with van der Waals surface area (Å²) in [7, 11) is 0. The van der Waals surface area contributed by atoms with Crippen LogP contribution in [-0.2, 0) is 11.3 Å². The van der Waals surface area contributed by atoms with E-state index in [0.29, 0.717) is 31.4 Å². The van der Waals surface area contributed by atoms with Crippen molar-refractivity contribution in [3.63, 3.8) is 0 Å². The zero-order chi connectivity index (χ0) is 15.2. The van der Waals surface area contributed by atoms with Crippen LogP contribution in [0.5, 0.6) is 5.75 Å². The maximum Gasteiger partial charge on any atom is 0.260 e. The molecule has 0 unspecified atom stereocenters. The maximum atomic E-state index is 13.6. The lowest BCUT2D eigenvalue weighted by atomic mass is 10.2. The van der Waals surface area contributed by atoms with Gasteiger partial charge < -0.3 is 15.0 Å². The number of likely N-dealkylation sites (N-methyl/N-ethyl adjacent to an activating group) is 1. The lowest BCUT2D eigenvalue weighted by Gasteiger charge is -2.18. The average Bonchev–Trinajstić information content (AvgIpc) is 3.28. The molecule has 2 rings (SSSR count). The SMILES string of the molecule is CCN(CC)C(=O)COc1cc(F)cc(CNC2CC2)c1. The molecule has 1 N–H and O–H groups in total. The number of nitrogens with zero attached hydrogens (tertiary/aromatic N) is 1. The van der Waals surface area contributed by atoms with Gasteiger partial charge in [0.25, 0.3) is 5.91 Å². The summed E-state index contributed by atoms with van der Waals surface area (Å²) in [6, 6.07) is 5.17. The molecule has 0 radical (unpaired) electrons. The second-order valence-corrected chi connectivity index (χ2v) is 5.31. The van der Waals surface area contributed by atoms with Crippen LogP contribution in [0.25, 0.3) is 0 Å². The molecule has 1 aliphatic rings. The number of carbonyl (C=O) groups excluding carboxylic acids is 1. The minimum Gasteiger partial charge on any atom is -0.484 e. The Hall–Kier alpha value is -1.62. The zero-order valence-electron chi connectivity index (χ0n) is 12.7. The summed E-state index contributed by atoms with van der Waals surface area (Å²) >= 11 is 0. The van der Waals surface area contributed by atoms with E-state index < -0.39 is 0 Å². The van der Waals surface area contributed by atoms with Crippen LogP contribution in [0.4, 0.5) is 4.39 Å². The summed E-state index contributed by atoms with van der Waals surface area (Å²) in [6.07, 6.45) is 2.38. The highest BCUT2D eigenvalue weighted by Crippen LogP contribution is 2.21. The molecule has 0 aromatic heterocycles. The number of ether oxygens (including phenoxy) is 1. The second kappa shape index (κ2) is 7.41. The van der Waals surface area contributed by atoms with Gasteiger partial charge in [-0.1, -0.05) is 0 Å². The Morgan fingerprint density at radius 2 is 2.05 bits per heavy atom. The van der Waals surface area contributed by atoms with Gasteiger partial charge in [-0.2, -0.15) is 0 Å². The van der Waals surface area contributed by atoms with E-state index in [0.717, 1.165) is 5.56 Å². The zero-order valence-corrected chi connectivity index (χ0v) is 12.7. The first-order valence-corrected chi connectivity index (χ1v) is 7.55. The van der Waals surface area contributed by atoms with Crippen LogP contribution in [-0.4, -0.2) is 36.5 Å². The van der Waals surface area contributed by atoms with E-state index in [2.05, 4.69) is 5.32 Å². The minimum atomic E-state index is -0.338. The Morgan fingerprint density at radius 3 is 2.67 bits per heavy atom. The molecule has 0 heterocycles. The molecule has 0 atom stereocenters. The van der Waals surface area contributed by atoms with Gasteiger partial charge in [-0.15, -0.1) is 0 Å². The molecule has 1 saturated carbocycles. The molecular weight excluding hydrogens is 271 g/mol. The minimum absolute atomic E-state index is 0.0549. The molecule has 0 aliphatic heterocycles. The van der Waals surface area contributed by atoms with E-state index in [4.69, 9.17) is 4.74 Å². The maximum absolute atomic E-state index is 13.6. The Kier molecular flexibility index (Phi) is 5.56. The third-order valence-corrected chi connectivity index (χ3v) is 3.58. The van der Waals surface area contributed by atoms with Gasteiger partial charge in [0.15, 0.2) is 6.61 Å². The van der Waals surface area contributed by atoms with Crippen molar-refractivity contribution in [3.8, 4) is 5.75 Å². The predicted molar refractivity (Wildman–Crippen MR) is 79.7 cm³/mol. The molecule has 1 aromatic carbocycles. The third kappa shape index (κ3) is 5.01. The van der Waals surface area contributed by atoms with Crippen LogP contribution in [0, 0.1) is 5.82 Å². The predicted octanol–water partition coefficient (Wildman–Crippen LogP) is 2.32. The number of carbonyl (C=O) groups is 1. The first-order valence-electron chi connectivity index (χ1n) is 7.55. The van der Waals surface area contributed by atoms with Gasteiger partial charge in [0.2, 0.25) is 0 Å². The monoisotopic (exact) mass is 294 g/mol. The van der Waals surface area contributed by atoms with Crippen LogP contribution < -0.4 is 10.1 Å². The van der Waals surface area contributed by atoms with E-state index in [9.17, 15) is 9.18 Å². The summed E-state index contributed by atoms with van der Waals surface area (Å²) in [5.41, 5.74) is 0.840. The fourth-order valence-electron chi connectivity index (χ4n) is 2.17. The number of hydrogen-bond acceptors (Lipinski definition) is 3. The van der Waals surface area contributed by atoms with E-state index >= 15 is 0 Å². The number of rotatable bonds is 8. The molecule has 0 spiro atoms. The van der Waals surface area contributed by atoms with Gasteiger partial charge in [-0.3, -0.25) is 4.79 Å². The fourth-order valence-corrected chi connectivity index (χ4v) is 2.17. The Bertz CT molecular complexity index is 485. The fraction of sp³-hybridized carbons (Fsp3) is 0.562. The van der Waals surface area contributed by atoms with Gasteiger partial charge in [-0.25, -0.2) is 4.39 Å². The van der Waals surface area contributed by atoms with Crippen LogP contribution in [0.2, 0.25) is 0 Å². The molecule has 1 aliphatic carbocycles. The summed E-state index contributed by atoms with van der Waals surface area (Å²) < 4.78 is 19.0. The van der Waals surface area contributed by atoms with E-state index in [-0.39, 0.29) is 18.3 Å². The number of nitrogens with one attached hydrogen (secondary N) is 1. The summed E-state index contributed by atoms with van der Waals surface area (Å²) in [6.45, 7) is 5.72. The van der Waals surface area contributed by atoms with E-state index in [1.54, 1.807) is 11.0 Å². The Balaban J connectivity index is 1.90. The van der Waals surface area contributed by atoms with Crippen molar-refractivity contribution in [2.75, 3.05) is 19.7 Å². The van der Waals surface area contributed by atoms with Crippen molar-refractivity contribution in [1.29, 1.82) is 0 Å². The van der Waals surface area contributed by atoms with Crippen molar-refractivity contribution >= 4 is 5.91 Å². The van der Waals surface area contributed by atoms with Gasteiger partial charge >= 0.3 is 0 Å². The summed E-state index contributed by atoms with van der Waals surface area (Å²) in [5.74, 6) is -0.0135. The largest absolute Gasteiger partial charge is 0.484 e. The van der Waals surface area contributed by atoms with Gasteiger partial charge in [0.1, 0.15) is 11.6 Å². The van der Waals surface area contributed by atoms with E-state index in [1.807, 2.05) is 13.8 Å².